The average Bonchev–Trinajstić information content (AvgIpc) is 2.87. The van der Waals surface area contributed by atoms with E-state index in [0.717, 1.165) is 0 Å². The lowest BCUT2D eigenvalue weighted by molar-refractivity contribution is -0.125. The lowest BCUT2D eigenvalue weighted by atomic mass is 10.1. The number of hydrogen-bond acceptors (Lipinski definition) is 4. The molecule has 1 aromatic carbocycles. The fourth-order valence-corrected chi connectivity index (χ4v) is 2.33. The zero-order valence-corrected chi connectivity index (χ0v) is 11.8. The minimum Gasteiger partial charge on any atom is -0.497 e. The predicted octanol–water partition coefficient (Wildman–Crippen LogP) is 0.803. The second-order valence-electron chi connectivity index (χ2n) is 4.56. The third-order valence-electron chi connectivity index (χ3n) is 3.42. The first-order chi connectivity index (χ1) is 9.60. The summed E-state index contributed by atoms with van der Waals surface area (Å²) in [5.41, 5.74) is 0.628. The lowest BCUT2D eigenvalue weighted by Crippen LogP contribution is -2.30. The van der Waals surface area contributed by atoms with Gasteiger partial charge in [0.25, 0.3) is 0 Å². The summed E-state index contributed by atoms with van der Waals surface area (Å²) >= 11 is 0. The molecular formula is C14H18N2O4. The topological polar surface area (TPSA) is 67.9 Å². The highest BCUT2D eigenvalue weighted by Crippen LogP contribution is 2.35. The molecule has 0 bridgehead atoms. The predicted molar refractivity (Wildman–Crippen MR) is 74.1 cm³/mol. The molecule has 108 valence electrons. The van der Waals surface area contributed by atoms with Gasteiger partial charge in [-0.1, -0.05) is 0 Å². The summed E-state index contributed by atoms with van der Waals surface area (Å²) in [5.74, 6) is 0.671. The summed E-state index contributed by atoms with van der Waals surface area (Å²) in [7, 11) is 4.68. The summed E-state index contributed by atoms with van der Waals surface area (Å²) < 4.78 is 10.4. The van der Waals surface area contributed by atoms with Crippen molar-refractivity contribution in [2.24, 2.45) is 5.92 Å². The zero-order chi connectivity index (χ0) is 14.7. The number of rotatable bonds is 4. The second-order valence-corrected chi connectivity index (χ2v) is 4.56. The van der Waals surface area contributed by atoms with E-state index in [0.29, 0.717) is 23.7 Å². The molecule has 0 saturated carbocycles. The summed E-state index contributed by atoms with van der Waals surface area (Å²) in [4.78, 5) is 25.4. The SMILES string of the molecule is CNC(=O)[C@@H]1CC(=O)N(c2cc(OC)ccc2OC)C1. The fraction of sp³-hybridized carbons (Fsp3) is 0.429. The van der Waals surface area contributed by atoms with E-state index in [1.807, 2.05) is 0 Å². The summed E-state index contributed by atoms with van der Waals surface area (Å²) in [6.45, 7) is 0.349. The minimum absolute atomic E-state index is 0.0925. The van der Waals surface area contributed by atoms with Crippen LogP contribution in [-0.4, -0.2) is 39.6 Å². The number of methoxy groups -OCH3 is 2. The van der Waals surface area contributed by atoms with E-state index in [9.17, 15) is 9.59 Å². The van der Waals surface area contributed by atoms with Gasteiger partial charge in [-0.15, -0.1) is 0 Å². The van der Waals surface area contributed by atoms with Gasteiger partial charge in [0, 0.05) is 26.1 Å². The Morgan fingerprint density at radius 3 is 2.70 bits per heavy atom. The molecule has 1 aliphatic rings. The molecule has 1 fully saturated rings. The van der Waals surface area contributed by atoms with Crippen molar-refractivity contribution in [1.29, 1.82) is 0 Å². The van der Waals surface area contributed by atoms with Gasteiger partial charge in [-0.05, 0) is 12.1 Å². The standard InChI is InChI=1S/C14H18N2O4/c1-15-14(18)9-6-13(17)16(8-9)11-7-10(19-2)4-5-12(11)20-3/h4-5,7,9H,6,8H2,1-3H3,(H,15,18)/t9-/m1/s1. The van der Waals surface area contributed by atoms with E-state index >= 15 is 0 Å². The van der Waals surface area contributed by atoms with Crippen LogP contribution in [0.2, 0.25) is 0 Å². The van der Waals surface area contributed by atoms with E-state index in [1.54, 1.807) is 44.4 Å². The van der Waals surface area contributed by atoms with Crippen molar-refractivity contribution >= 4 is 17.5 Å². The molecule has 0 aromatic heterocycles. The van der Waals surface area contributed by atoms with Crippen molar-refractivity contribution in [3.63, 3.8) is 0 Å². The molecule has 6 heteroatoms. The van der Waals surface area contributed by atoms with Crippen molar-refractivity contribution in [3.05, 3.63) is 18.2 Å². The van der Waals surface area contributed by atoms with Crippen molar-refractivity contribution in [2.75, 3.05) is 32.7 Å². The molecular weight excluding hydrogens is 260 g/mol. The van der Waals surface area contributed by atoms with Crippen LogP contribution in [0.1, 0.15) is 6.42 Å². The fourth-order valence-electron chi connectivity index (χ4n) is 2.33. The number of nitrogens with one attached hydrogen (secondary N) is 1. The maximum atomic E-state index is 12.1. The van der Waals surface area contributed by atoms with E-state index in [1.165, 1.54) is 0 Å². The van der Waals surface area contributed by atoms with Gasteiger partial charge in [0.1, 0.15) is 11.5 Å². The summed E-state index contributed by atoms with van der Waals surface area (Å²) in [6, 6.07) is 5.25. The highest BCUT2D eigenvalue weighted by Gasteiger charge is 2.36. The van der Waals surface area contributed by atoms with Gasteiger partial charge in [-0.3, -0.25) is 9.59 Å². The number of benzene rings is 1. The number of nitrogens with zero attached hydrogens (tertiary/aromatic N) is 1. The molecule has 6 nitrogen and oxygen atoms in total. The van der Waals surface area contributed by atoms with Gasteiger partial charge in [0.2, 0.25) is 11.8 Å². The molecule has 0 radical (unpaired) electrons. The van der Waals surface area contributed by atoms with Crippen LogP contribution in [0.3, 0.4) is 0 Å². The monoisotopic (exact) mass is 278 g/mol. The van der Waals surface area contributed by atoms with E-state index in [-0.39, 0.29) is 24.2 Å². The van der Waals surface area contributed by atoms with Gasteiger partial charge >= 0.3 is 0 Å². The van der Waals surface area contributed by atoms with Gasteiger partial charge < -0.3 is 19.7 Å². The van der Waals surface area contributed by atoms with Crippen molar-refractivity contribution in [3.8, 4) is 11.5 Å². The number of carbonyl (C=O) groups is 2. The van der Waals surface area contributed by atoms with Gasteiger partial charge in [-0.2, -0.15) is 0 Å². The Labute approximate surface area is 117 Å². The van der Waals surface area contributed by atoms with E-state index in [2.05, 4.69) is 5.32 Å². The molecule has 1 aliphatic heterocycles. The number of hydrogen-bond donors (Lipinski definition) is 1. The normalized spacial score (nSPS) is 18.1. The van der Waals surface area contributed by atoms with E-state index in [4.69, 9.17) is 9.47 Å². The Morgan fingerprint density at radius 2 is 2.10 bits per heavy atom. The van der Waals surface area contributed by atoms with Crippen LogP contribution in [0.5, 0.6) is 11.5 Å². The molecule has 1 saturated heterocycles. The maximum absolute atomic E-state index is 12.1. The first-order valence-electron chi connectivity index (χ1n) is 6.34. The van der Waals surface area contributed by atoms with Gasteiger partial charge in [0.05, 0.1) is 25.8 Å². The van der Waals surface area contributed by atoms with E-state index < -0.39 is 0 Å². The van der Waals surface area contributed by atoms with Crippen molar-refractivity contribution in [2.45, 2.75) is 6.42 Å². The largest absolute Gasteiger partial charge is 0.497 e. The highest BCUT2D eigenvalue weighted by atomic mass is 16.5. The number of amides is 2. The van der Waals surface area contributed by atoms with Crippen LogP contribution in [0, 0.1) is 5.92 Å². The highest BCUT2D eigenvalue weighted by molar-refractivity contribution is 6.01. The molecule has 2 amide bonds. The van der Waals surface area contributed by atoms with Gasteiger partial charge in [0.15, 0.2) is 0 Å². The van der Waals surface area contributed by atoms with Crippen LogP contribution < -0.4 is 19.7 Å². The number of ether oxygens (including phenoxy) is 2. The first-order valence-corrected chi connectivity index (χ1v) is 6.34. The summed E-state index contributed by atoms with van der Waals surface area (Å²) in [5, 5.41) is 2.58. The van der Waals surface area contributed by atoms with Crippen LogP contribution in [0.15, 0.2) is 18.2 Å². The Bertz CT molecular complexity index is 530. The van der Waals surface area contributed by atoms with Crippen molar-refractivity contribution in [1.82, 2.24) is 5.32 Å². The van der Waals surface area contributed by atoms with Crippen LogP contribution in [0.4, 0.5) is 5.69 Å². The van der Waals surface area contributed by atoms with Crippen LogP contribution in [-0.2, 0) is 9.59 Å². The molecule has 20 heavy (non-hydrogen) atoms. The maximum Gasteiger partial charge on any atom is 0.227 e. The first kappa shape index (κ1) is 14.2. The molecule has 2 rings (SSSR count). The summed E-state index contributed by atoms with van der Waals surface area (Å²) in [6.07, 6.45) is 0.208. The zero-order valence-electron chi connectivity index (χ0n) is 11.8. The van der Waals surface area contributed by atoms with Crippen LogP contribution in [0.25, 0.3) is 0 Å². The molecule has 1 atom stereocenters. The number of anilines is 1. The smallest absolute Gasteiger partial charge is 0.227 e. The molecule has 0 spiro atoms. The Morgan fingerprint density at radius 1 is 1.35 bits per heavy atom. The molecule has 1 N–H and O–H groups in total. The van der Waals surface area contributed by atoms with Crippen molar-refractivity contribution < 1.29 is 19.1 Å². The third kappa shape index (κ3) is 2.54. The third-order valence-corrected chi connectivity index (χ3v) is 3.42. The lowest BCUT2D eigenvalue weighted by Gasteiger charge is -2.20. The molecule has 1 aromatic rings. The minimum atomic E-state index is -0.330. The Kier molecular flexibility index (Phi) is 4.12. The molecule has 0 unspecified atom stereocenters. The Balaban J connectivity index is 2.31. The Hall–Kier alpha value is -2.24. The number of carbonyl (C=O) groups excluding carboxylic acids is 2. The van der Waals surface area contributed by atoms with Crippen LogP contribution >= 0.6 is 0 Å². The second kappa shape index (κ2) is 5.81. The quantitative estimate of drug-likeness (QED) is 0.884. The average molecular weight is 278 g/mol. The van der Waals surface area contributed by atoms with Gasteiger partial charge in [-0.25, -0.2) is 0 Å². The molecule has 1 heterocycles. The molecule has 0 aliphatic carbocycles.